The molecule has 0 unspecified atom stereocenters. The van der Waals surface area contributed by atoms with Crippen molar-refractivity contribution in [1.29, 1.82) is 0 Å². The molecule has 1 fully saturated rings. The Hall–Kier alpha value is -2.86. The lowest BCUT2D eigenvalue weighted by Crippen LogP contribution is -2.30. The standard InChI is InChI=1S/C17H12ClFN2O3/c18-12-5-6-15(22)11(7-12)8-14-16(23)21(17(24)20-14)9-10-3-1-2-4-13(10)19/h1-8,22H,9H2,(H,20,24)/b14-8+. The van der Waals surface area contributed by atoms with E-state index in [9.17, 15) is 19.1 Å². The number of rotatable bonds is 3. The monoisotopic (exact) mass is 346 g/mol. The molecule has 1 aliphatic rings. The first-order chi connectivity index (χ1) is 11.5. The zero-order valence-corrected chi connectivity index (χ0v) is 13.0. The Balaban J connectivity index is 1.88. The maximum absolute atomic E-state index is 13.7. The topological polar surface area (TPSA) is 69.6 Å². The van der Waals surface area contributed by atoms with Crippen molar-refractivity contribution in [2.75, 3.05) is 0 Å². The van der Waals surface area contributed by atoms with Gasteiger partial charge in [0.1, 0.15) is 17.3 Å². The average Bonchev–Trinajstić information content (AvgIpc) is 2.80. The molecule has 0 atom stereocenters. The molecule has 0 aromatic heterocycles. The van der Waals surface area contributed by atoms with Crippen molar-refractivity contribution in [2.45, 2.75) is 6.54 Å². The van der Waals surface area contributed by atoms with Gasteiger partial charge >= 0.3 is 6.03 Å². The van der Waals surface area contributed by atoms with Gasteiger partial charge in [-0.15, -0.1) is 0 Å². The van der Waals surface area contributed by atoms with Crippen LogP contribution in [0, 0.1) is 5.82 Å². The number of hydrogen-bond acceptors (Lipinski definition) is 3. The molecular weight excluding hydrogens is 335 g/mol. The molecule has 2 aromatic rings. The Kier molecular flexibility index (Phi) is 4.22. The van der Waals surface area contributed by atoms with Crippen LogP contribution in [0.1, 0.15) is 11.1 Å². The van der Waals surface area contributed by atoms with Crippen molar-refractivity contribution in [3.8, 4) is 5.75 Å². The number of carbonyl (C=O) groups excluding carboxylic acids is 2. The van der Waals surface area contributed by atoms with E-state index in [0.29, 0.717) is 10.6 Å². The number of amides is 3. The second-order valence-electron chi connectivity index (χ2n) is 5.17. The summed E-state index contributed by atoms with van der Waals surface area (Å²) in [7, 11) is 0. The second kappa shape index (κ2) is 6.33. The minimum atomic E-state index is -0.656. The number of nitrogens with one attached hydrogen (secondary N) is 1. The van der Waals surface area contributed by atoms with Gasteiger partial charge in [-0.1, -0.05) is 29.8 Å². The summed E-state index contributed by atoms with van der Waals surface area (Å²) in [5, 5.41) is 12.6. The molecule has 3 amide bonds. The van der Waals surface area contributed by atoms with E-state index in [4.69, 9.17) is 11.6 Å². The van der Waals surface area contributed by atoms with Crippen LogP contribution in [0.25, 0.3) is 6.08 Å². The largest absolute Gasteiger partial charge is 0.507 e. The van der Waals surface area contributed by atoms with Gasteiger partial charge in [-0.3, -0.25) is 9.69 Å². The molecule has 24 heavy (non-hydrogen) atoms. The quantitative estimate of drug-likeness (QED) is 0.662. The van der Waals surface area contributed by atoms with Crippen LogP contribution in [-0.2, 0) is 11.3 Å². The van der Waals surface area contributed by atoms with Crippen molar-refractivity contribution in [3.63, 3.8) is 0 Å². The number of nitrogens with zero attached hydrogens (tertiary/aromatic N) is 1. The highest BCUT2D eigenvalue weighted by Gasteiger charge is 2.34. The molecule has 0 aliphatic carbocycles. The molecule has 0 spiro atoms. The minimum absolute atomic E-state index is 0.0195. The summed E-state index contributed by atoms with van der Waals surface area (Å²) in [4.78, 5) is 25.3. The van der Waals surface area contributed by atoms with Crippen LogP contribution in [0.2, 0.25) is 5.02 Å². The van der Waals surface area contributed by atoms with Gasteiger partial charge in [0.05, 0.1) is 6.54 Å². The fourth-order valence-corrected chi connectivity index (χ4v) is 2.49. The molecule has 2 aromatic carbocycles. The number of urea groups is 1. The molecule has 1 heterocycles. The second-order valence-corrected chi connectivity index (χ2v) is 5.61. The Morgan fingerprint density at radius 2 is 1.96 bits per heavy atom. The van der Waals surface area contributed by atoms with Crippen LogP contribution in [-0.4, -0.2) is 21.9 Å². The number of benzene rings is 2. The Bertz CT molecular complexity index is 867. The van der Waals surface area contributed by atoms with Crippen molar-refractivity contribution in [3.05, 3.63) is 70.1 Å². The first-order valence-electron chi connectivity index (χ1n) is 7.02. The van der Waals surface area contributed by atoms with E-state index >= 15 is 0 Å². The lowest BCUT2D eigenvalue weighted by molar-refractivity contribution is -0.123. The molecule has 7 heteroatoms. The van der Waals surface area contributed by atoms with Crippen LogP contribution in [0.5, 0.6) is 5.75 Å². The Labute approximate surface area is 142 Å². The summed E-state index contributed by atoms with van der Waals surface area (Å²) in [5.74, 6) is -1.19. The summed E-state index contributed by atoms with van der Waals surface area (Å²) >= 11 is 5.86. The lowest BCUT2D eigenvalue weighted by atomic mass is 10.1. The van der Waals surface area contributed by atoms with E-state index in [1.54, 1.807) is 6.07 Å². The number of carbonyl (C=O) groups is 2. The van der Waals surface area contributed by atoms with Crippen molar-refractivity contribution >= 4 is 29.6 Å². The van der Waals surface area contributed by atoms with Gasteiger partial charge < -0.3 is 10.4 Å². The highest BCUT2D eigenvalue weighted by molar-refractivity contribution is 6.30. The van der Waals surface area contributed by atoms with Gasteiger partial charge in [-0.2, -0.15) is 0 Å². The fourth-order valence-electron chi connectivity index (χ4n) is 2.31. The highest BCUT2D eigenvalue weighted by atomic mass is 35.5. The van der Waals surface area contributed by atoms with Crippen LogP contribution >= 0.6 is 11.6 Å². The molecule has 1 aliphatic heterocycles. The summed E-state index contributed by atoms with van der Waals surface area (Å²) in [6, 6.07) is 9.59. The fraction of sp³-hybridized carbons (Fsp3) is 0.0588. The number of phenols is 1. The molecule has 3 rings (SSSR count). The normalized spacial score (nSPS) is 15.9. The van der Waals surface area contributed by atoms with Crippen LogP contribution in [0.15, 0.2) is 48.2 Å². The Morgan fingerprint density at radius 3 is 2.71 bits per heavy atom. The summed E-state index contributed by atoms with van der Waals surface area (Å²) in [5.41, 5.74) is 0.501. The zero-order valence-electron chi connectivity index (χ0n) is 12.3. The van der Waals surface area contributed by atoms with Gasteiger partial charge in [0.15, 0.2) is 0 Å². The average molecular weight is 347 g/mol. The van der Waals surface area contributed by atoms with Crippen LogP contribution < -0.4 is 5.32 Å². The van der Waals surface area contributed by atoms with Crippen LogP contribution in [0.4, 0.5) is 9.18 Å². The lowest BCUT2D eigenvalue weighted by Gasteiger charge is -2.12. The third-order valence-corrected chi connectivity index (χ3v) is 3.77. The number of aromatic hydroxyl groups is 1. The molecule has 1 saturated heterocycles. The van der Waals surface area contributed by atoms with Crippen molar-refractivity contribution < 1.29 is 19.1 Å². The van der Waals surface area contributed by atoms with E-state index in [0.717, 1.165) is 4.90 Å². The van der Waals surface area contributed by atoms with E-state index in [2.05, 4.69) is 5.32 Å². The zero-order chi connectivity index (χ0) is 17.3. The van der Waals surface area contributed by atoms with E-state index in [1.165, 1.54) is 42.5 Å². The van der Waals surface area contributed by atoms with Crippen molar-refractivity contribution in [1.82, 2.24) is 10.2 Å². The summed E-state index contributed by atoms with van der Waals surface area (Å²) < 4.78 is 13.7. The highest BCUT2D eigenvalue weighted by Crippen LogP contribution is 2.25. The van der Waals surface area contributed by atoms with Gasteiger partial charge in [0.25, 0.3) is 5.91 Å². The van der Waals surface area contributed by atoms with Crippen LogP contribution in [0.3, 0.4) is 0 Å². The van der Waals surface area contributed by atoms with E-state index in [-0.39, 0.29) is 23.6 Å². The Morgan fingerprint density at radius 1 is 1.21 bits per heavy atom. The SMILES string of the molecule is O=C1N/C(=C/c2cc(Cl)ccc2O)C(=O)N1Cc1ccccc1F. The maximum Gasteiger partial charge on any atom is 0.329 e. The van der Waals surface area contributed by atoms with Gasteiger partial charge in [-0.25, -0.2) is 9.18 Å². The molecule has 0 radical (unpaired) electrons. The number of imide groups is 1. The molecule has 122 valence electrons. The smallest absolute Gasteiger partial charge is 0.329 e. The molecule has 5 nitrogen and oxygen atoms in total. The third kappa shape index (κ3) is 3.09. The third-order valence-electron chi connectivity index (χ3n) is 3.54. The first-order valence-corrected chi connectivity index (χ1v) is 7.40. The van der Waals surface area contributed by atoms with E-state index < -0.39 is 17.8 Å². The number of phenolic OH excluding ortho intramolecular Hbond substituents is 1. The molecule has 0 saturated carbocycles. The maximum atomic E-state index is 13.7. The predicted molar refractivity (Wildman–Crippen MR) is 86.6 cm³/mol. The predicted octanol–water partition coefficient (Wildman–Crippen LogP) is 3.28. The van der Waals surface area contributed by atoms with Gasteiger partial charge in [0, 0.05) is 16.1 Å². The number of hydrogen-bond donors (Lipinski definition) is 2. The molecular formula is C17H12ClFN2O3. The summed E-state index contributed by atoms with van der Waals surface area (Å²) in [6.45, 7) is -0.184. The first kappa shape index (κ1) is 16.0. The van der Waals surface area contributed by atoms with Gasteiger partial charge in [0.2, 0.25) is 0 Å². The van der Waals surface area contributed by atoms with E-state index in [1.807, 2.05) is 0 Å². The summed E-state index contributed by atoms with van der Waals surface area (Å²) in [6.07, 6.45) is 1.32. The minimum Gasteiger partial charge on any atom is -0.507 e. The van der Waals surface area contributed by atoms with Gasteiger partial charge in [-0.05, 0) is 30.3 Å². The number of halogens is 2. The van der Waals surface area contributed by atoms with Crippen molar-refractivity contribution in [2.24, 2.45) is 0 Å². The molecule has 0 bridgehead atoms. The molecule has 2 N–H and O–H groups in total.